The lowest BCUT2D eigenvalue weighted by Gasteiger charge is -2.32. The molecule has 4 rings (SSSR count). The Hall–Kier alpha value is -3.02. The van der Waals surface area contributed by atoms with Crippen LogP contribution in [-0.4, -0.2) is 43.4 Å². The molecule has 1 amide bonds. The van der Waals surface area contributed by atoms with Crippen molar-refractivity contribution in [2.75, 3.05) is 13.1 Å². The fourth-order valence-electron chi connectivity index (χ4n) is 3.67. The van der Waals surface area contributed by atoms with Crippen LogP contribution in [0, 0.1) is 6.92 Å². The lowest BCUT2D eigenvalue weighted by molar-refractivity contribution is 0.0712. The van der Waals surface area contributed by atoms with Gasteiger partial charge in [-0.1, -0.05) is 18.2 Å². The predicted molar refractivity (Wildman–Crippen MR) is 103 cm³/mol. The van der Waals surface area contributed by atoms with E-state index in [0.717, 1.165) is 54.5 Å². The van der Waals surface area contributed by atoms with Crippen LogP contribution in [0.15, 0.2) is 48.8 Å². The van der Waals surface area contributed by atoms with Crippen molar-refractivity contribution in [2.24, 2.45) is 7.05 Å². The third-order valence-corrected chi connectivity index (χ3v) is 5.13. The molecule has 6 heteroatoms. The van der Waals surface area contributed by atoms with Gasteiger partial charge in [0.2, 0.25) is 0 Å². The minimum Gasteiger partial charge on any atom is -0.339 e. The summed E-state index contributed by atoms with van der Waals surface area (Å²) in [6.07, 6.45) is 5.52. The minimum absolute atomic E-state index is 0.113. The molecule has 0 spiro atoms. The molecule has 0 atom stereocenters. The van der Waals surface area contributed by atoms with Crippen LogP contribution in [0.3, 0.4) is 0 Å². The Morgan fingerprint density at radius 3 is 2.52 bits per heavy atom. The van der Waals surface area contributed by atoms with Crippen molar-refractivity contribution in [1.29, 1.82) is 0 Å². The smallest absolute Gasteiger partial charge is 0.253 e. The first-order valence-electron chi connectivity index (χ1n) is 9.29. The van der Waals surface area contributed by atoms with E-state index >= 15 is 0 Å². The number of piperidine rings is 1. The van der Waals surface area contributed by atoms with Gasteiger partial charge in [0.05, 0.1) is 0 Å². The molecule has 138 valence electrons. The Kier molecular flexibility index (Phi) is 4.71. The highest BCUT2D eigenvalue weighted by atomic mass is 16.2. The highest BCUT2D eigenvalue weighted by Gasteiger charge is 2.26. The highest BCUT2D eigenvalue weighted by molar-refractivity contribution is 5.94. The van der Waals surface area contributed by atoms with Gasteiger partial charge in [0.1, 0.15) is 11.5 Å². The molecule has 0 unspecified atom stereocenters. The summed E-state index contributed by atoms with van der Waals surface area (Å²) in [4.78, 5) is 28.2. The van der Waals surface area contributed by atoms with E-state index in [-0.39, 0.29) is 5.91 Å². The molecule has 27 heavy (non-hydrogen) atoms. The van der Waals surface area contributed by atoms with Gasteiger partial charge in [0, 0.05) is 49.7 Å². The summed E-state index contributed by atoms with van der Waals surface area (Å²) in [6.45, 7) is 3.42. The first-order chi connectivity index (χ1) is 13.1. The van der Waals surface area contributed by atoms with Crippen LogP contribution < -0.4 is 0 Å². The normalized spacial score (nSPS) is 15.1. The number of imidazole rings is 1. The average Bonchev–Trinajstić information content (AvgIpc) is 3.14. The van der Waals surface area contributed by atoms with Gasteiger partial charge in [0.15, 0.2) is 5.82 Å². The van der Waals surface area contributed by atoms with E-state index in [1.807, 2.05) is 60.0 Å². The summed E-state index contributed by atoms with van der Waals surface area (Å²) in [5.41, 5.74) is 2.66. The van der Waals surface area contributed by atoms with Crippen molar-refractivity contribution >= 4 is 5.91 Å². The summed E-state index contributed by atoms with van der Waals surface area (Å²) < 4.78 is 1.96. The number of nitrogens with zero attached hydrogens (tertiary/aromatic N) is 5. The SMILES string of the molecule is Cc1nc(-c2nccn2C)cc(C2CCN(C(=O)c3ccccc3)CC2)n1. The van der Waals surface area contributed by atoms with Crippen LogP contribution in [0.25, 0.3) is 11.5 Å². The number of rotatable bonds is 3. The zero-order valence-corrected chi connectivity index (χ0v) is 15.7. The van der Waals surface area contributed by atoms with Gasteiger partial charge in [-0.15, -0.1) is 0 Å². The van der Waals surface area contributed by atoms with Crippen molar-refractivity contribution in [3.8, 4) is 11.5 Å². The fourth-order valence-corrected chi connectivity index (χ4v) is 3.67. The van der Waals surface area contributed by atoms with E-state index in [1.54, 1.807) is 6.20 Å². The van der Waals surface area contributed by atoms with Crippen molar-refractivity contribution in [2.45, 2.75) is 25.7 Å². The summed E-state index contributed by atoms with van der Waals surface area (Å²) in [6, 6.07) is 11.5. The van der Waals surface area contributed by atoms with Crippen LogP contribution in [0.2, 0.25) is 0 Å². The van der Waals surface area contributed by atoms with Gasteiger partial charge in [-0.3, -0.25) is 4.79 Å². The molecule has 1 aliphatic rings. The zero-order valence-electron chi connectivity index (χ0n) is 15.7. The molecule has 1 saturated heterocycles. The second kappa shape index (κ2) is 7.31. The van der Waals surface area contributed by atoms with Gasteiger partial charge in [-0.25, -0.2) is 15.0 Å². The maximum absolute atomic E-state index is 12.6. The van der Waals surface area contributed by atoms with Crippen LogP contribution in [0.4, 0.5) is 0 Å². The number of carbonyl (C=O) groups excluding carboxylic acids is 1. The lowest BCUT2D eigenvalue weighted by Crippen LogP contribution is -2.38. The van der Waals surface area contributed by atoms with Crippen molar-refractivity contribution in [3.05, 3.63) is 65.9 Å². The van der Waals surface area contributed by atoms with E-state index < -0.39 is 0 Å². The molecule has 0 saturated carbocycles. The molecule has 3 aromatic rings. The van der Waals surface area contributed by atoms with Crippen LogP contribution in [0.1, 0.15) is 40.6 Å². The maximum atomic E-state index is 12.6. The molecular weight excluding hydrogens is 338 g/mol. The Morgan fingerprint density at radius 1 is 1.11 bits per heavy atom. The Labute approximate surface area is 158 Å². The molecule has 6 nitrogen and oxygen atoms in total. The maximum Gasteiger partial charge on any atom is 0.253 e. The van der Waals surface area contributed by atoms with Crippen molar-refractivity contribution in [3.63, 3.8) is 0 Å². The average molecular weight is 361 g/mol. The molecular formula is C21H23N5O. The number of hydrogen-bond donors (Lipinski definition) is 0. The second-order valence-electron chi connectivity index (χ2n) is 7.02. The van der Waals surface area contributed by atoms with Gasteiger partial charge in [-0.05, 0) is 38.0 Å². The molecule has 1 fully saturated rings. The monoisotopic (exact) mass is 361 g/mol. The van der Waals surface area contributed by atoms with E-state index in [0.29, 0.717) is 5.92 Å². The molecule has 0 bridgehead atoms. The number of aryl methyl sites for hydroxylation is 2. The summed E-state index contributed by atoms with van der Waals surface area (Å²) in [7, 11) is 1.97. The first kappa shape index (κ1) is 17.4. The molecule has 1 aliphatic heterocycles. The van der Waals surface area contributed by atoms with Crippen LogP contribution >= 0.6 is 0 Å². The third-order valence-electron chi connectivity index (χ3n) is 5.13. The standard InChI is InChI=1S/C21H23N5O/c1-15-23-18(14-19(24-15)20-22-10-13-25(20)2)16-8-11-26(12-9-16)21(27)17-6-4-3-5-7-17/h3-7,10,13-14,16H,8-9,11-12H2,1-2H3. The van der Waals surface area contributed by atoms with E-state index in [4.69, 9.17) is 0 Å². The zero-order chi connectivity index (χ0) is 18.8. The van der Waals surface area contributed by atoms with Crippen molar-refractivity contribution in [1.82, 2.24) is 24.4 Å². The molecule has 0 aliphatic carbocycles. The Morgan fingerprint density at radius 2 is 1.85 bits per heavy atom. The molecule has 0 radical (unpaired) electrons. The number of benzene rings is 1. The molecule has 1 aromatic carbocycles. The van der Waals surface area contributed by atoms with Gasteiger partial charge in [-0.2, -0.15) is 0 Å². The largest absolute Gasteiger partial charge is 0.339 e. The predicted octanol–water partition coefficient (Wildman–Crippen LogP) is 3.21. The van der Waals surface area contributed by atoms with E-state index in [2.05, 4.69) is 21.0 Å². The summed E-state index contributed by atoms with van der Waals surface area (Å²) in [5.74, 6) is 2.05. The lowest BCUT2D eigenvalue weighted by atomic mass is 9.92. The van der Waals surface area contributed by atoms with Gasteiger partial charge >= 0.3 is 0 Å². The van der Waals surface area contributed by atoms with Crippen LogP contribution in [-0.2, 0) is 7.05 Å². The van der Waals surface area contributed by atoms with Gasteiger partial charge < -0.3 is 9.47 Å². The Bertz CT molecular complexity index is 942. The number of carbonyl (C=O) groups is 1. The van der Waals surface area contributed by atoms with E-state index in [9.17, 15) is 4.79 Å². The number of amides is 1. The summed E-state index contributed by atoms with van der Waals surface area (Å²) in [5, 5.41) is 0. The number of hydrogen-bond acceptors (Lipinski definition) is 4. The second-order valence-corrected chi connectivity index (χ2v) is 7.02. The number of aromatic nitrogens is 4. The third kappa shape index (κ3) is 3.60. The minimum atomic E-state index is 0.113. The topological polar surface area (TPSA) is 63.9 Å². The molecule has 0 N–H and O–H groups in total. The quantitative estimate of drug-likeness (QED) is 0.719. The Balaban J connectivity index is 1.49. The van der Waals surface area contributed by atoms with Crippen molar-refractivity contribution < 1.29 is 4.79 Å². The fraction of sp³-hybridized carbons (Fsp3) is 0.333. The molecule has 3 heterocycles. The molecule has 2 aromatic heterocycles. The first-order valence-corrected chi connectivity index (χ1v) is 9.29. The summed E-state index contributed by atoms with van der Waals surface area (Å²) >= 11 is 0. The highest BCUT2D eigenvalue weighted by Crippen LogP contribution is 2.29. The van der Waals surface area contributed by atoms with E-state index in [1.165, 1.54) is 0 Å². The number of likely N-dealkylation sites (tertiary alicyclic amines) is 1. The van der Waals surface area contributed by atoms with Crippen LogP contribution in [0.5, 0.6) is 0 Å². The van der Waals surface area contributed by atoms with Gasteiger partial charge in [0.25, 0.3) is 5.91 Å².